The second kappa shape index (κ2) is 3.01. The molecule has 2 unspecified atom stereocenters. The summed E-state index contributed by atoms with van der Waals surface area (Å²) < 4.78 is 29.1. The third kappa shape index (κ3) is 1.90. The molecule has 1 aliphatic carbocycles. The molecular weight excluding hydrogens is 279 g/mol. The smallest absolute Gasteiger partial charge is 0.0631 e. The fourth-order valence-corrected chi connectivity index (χ4v) is 0.888. The molecule has 0 spiro atoms. The van der Waals surface area contributed by atoms with Gasteiger partial charge in [0.2, 0.25) is 0 Å². The average molecular weight is 289 g/mol. The summed E-state index contributed by atoms with van der Waals surface area (Å²) in [4.78, 5) is 0. The Morgan fingerprint density at radius 1 is 2.25 bits per heavy atom. The zero-order valence-electron chi connectivity index (χ0n) is 7.91. The molecule has 0 fully saturated rings. The van der Waals surface area contributed by atoms with Crippen molar-refractivity contribution in [3.63, 3.8) is 0 Å². The van der Waals surface area contributed by atoms with Crippen molar-refractivity contribution >= 4 is 38.5 Å². The van der Waals surface area contributed by atoms with Crippen LogP contribution in [0.3, 0.4) is 0 Å². The summed E-state index contributed by atoms with van der Waals surface area (Å²) >= 11 is 4.81. The van der Waals surface area contributed by atoms with E-state index < -0.39 is 10.3 Å². The highest BCUT2D eigenvalue weighted by Crippen LogP contribution is 2.19. The minimum absolute atomic E-state index is 0.00639. The highest BCUT2D eigenvalue weighted by molar-refractivity contribution is 14.1. The first-order valence-corrected chi connectivity index (χ1v) is 3.90. The highest BCUT2D eigenvalue weighted by Gasteiger charge is 2.00. The van der Waals surface area contributed by atoms with Gasteiger partial charge in [-0.25, -0.2) is 0 Å². The second-order valence-electron chi connectivity index (χ2n) is 1.28. The lowest BCUT2D eigenvalue weighted by atomic mass is 10.2. The molecule has 0 saturated carbocycles. The molecular formula is C6H6BrI. The molecule has 0 heterocycles. The van der Waals surface area contributed by atoms with Crippen molar-refractivity contribution in [2.75, 3.05) is 0 Å². The van der Waals surface area contributed by atoms with Gasteiger partial charge in [-0.1, -0.05) is 56.7 Å². The normalized spacial score (nSPS) is 55.8. The number of hydrogen-bond donors (Lipinski definition) is 0. The fraction of sp³-hybridized carbons (Fsp3) is 0.333. The van der Waals surface area contributed by atoms with Crippen LogP contribution in [0.2, 0.25) is 0 Å². The summed E-state index contributed by atoms with van der Waals surface area (Å²) in [5, 5.41) is 0. The van der Waals surface area contributed by atoms with E-state index >= 15 is 0 Å². The van der Waals surface area contributed by atoms with Crippen molar-refractivity contribution in [1.82, 2.24) is 0 Å². The largest absolute Gasteiger partial charge is 0.0777 e. The van der Waals surface area contributed by atoms with E-state index in [4.69, 9.17) is 5.48 Å². The first-order chi connectivity index (χ1) is 5.36. The monoisotopic (exact) mass is 288 g/mol. The lowest BCUT2D eigenvalue weighted by molar-refractivity contribution is 1.09. The van der Waals surface area contributed by atoms with Crippen molar-refractivity contribution in [3.8, 4) is 0 Å². The van der Waals surface area contributed by atoms with E-state index in [0.29, 0.717) is 4.48 Å². The predicted octanol–water partition coefficient (Wildman–Crippen LogP) is 3.03. The van der Waals surface area contributed by atoms with Gasteiger partial charge in [0.05, 0.1) is 2.74 Å². The zero-order valence-corrected chi connectivity index (χ0v) is 7.65. The molecule has 1 rings (SSSR count). The lowest BCUT2D eigenvalue weighted by Gasteiger charge is -2.04. The minimum atomic E-state index is -1.18. The summed E-state index contributed by atoms with van der Waals surface area (Å²) in [7, 11) is 0. The Bertz CT molecular complexity index is 271. The van der Waals surface area contributed by atoms with Crippen LogP contribution in [0.15, 0.2) is 22.7 Å². The molecule has 0 aromatic carbocycles. The Labute approximate surface area is 76.9 Å². The topological polar surface area (TPSA) is 0 Å². The number of allylic oxidation sites excluding steroid dienone is 4. The standard InChI is InChI=1S/C6H6BrI/c7-5-1-3-6(8)4-2-5/h1-3,6H,4H2/i1D,2D,4D,6D. The van der Waals surface area contributed by atoms with E-state index in [1.165, 1.54) is 6.08 Å². The first kappa shape index (κ1) is 3.19. The van der Waals surface area contributed by atoms with Crippen LogP contribution < -0.4 is 0 Å². The molecule has 0 aliphatic heterocycles. The molecule has 0 aromatic rings. The van der Waals surface area contributed by atoms with E-state index in [-0.39, 0.29) is 12.1 Å². The third-order valence-corrected chi connectivity index (χ3v) is 1.75. The molecule has 2 heteroatoms. The molecule has 8 heavy (non-hydrogen) atoms. The Balaban J connectivity index is 3.15. The molecule has 2 atom stereocenters. The van der Waals surface area contributed by atoms with Gasteiger partial charge >= 0.3 is 0 Å². The van der Waals surface area contributed by atoms with E-state index in [2.05, 4.69) is 15.9 Å². The first-order valence-electron chi connectivity index (χ1n) is 4.11. The molecule has 0 nitrogen and oxygen atoms in total. The number of rotatable bonds is 0. The van der Waals surface area contributed by atoms with Crippen molar-refractivity contribution in [2.45, 2.75) is 10.3 Å². The number of halogens is 2. The van der Waals surface area contributed by atoms with E-state index in [0.717, 1.165) is 0 Å². The van der Waals surface area contributed by atoms with Crippen LogP contribution in [-0.2, 0) is 0 Å². The van der Waals surface area contributed by atoms with Gasteiger partial charge in [0.25, 0.3) is 0 Å². The molecule has 0 amide bonds. The number of hydrogen-bond acceptors (Lipinski definition) is 0. The van der Waals surface area contributed by atoms with E-state index in [1.54, 1.807) is 22.6 Å². The Hall–Kier alpha value is 0.690. The van der Waals surface area contributed by atoms with Gasteiger partial charge in [-0.05, 0) is 6.40 Å². The van der Waals surface area contributed by atoms with Crippen LogP contribution >= 0.6 is 38.5 Å². The van der Waals surface area contributed by atoms with Crippen LogP contribution in [0.1, 0.15) is 11.9 Å². The van der Waals surface area contributed by atoms with Gasteiger partial charge in [0.1, 0.15) is 0 Å². The summed E-state index contributed by atoms with van der Waals surface area (Å²) in [6.45, 7) is 0. The lowest BCUT2D eigenvalue weighted by Crippen LogP contribution is -1.92. The predicted molar refractivity (Wildman–Crippen MR) is 48.6 cm³/mol. The summed E-state index contributed by atoms with van der Waals surface area (Å²) in [6, 6.07) is 0.125. The van der Waals surface area contributed by atoms with Crippen LogP contribution in [0.4, 0.5) is 0 Å². The van der Waals surface area contributed by atoms with Crippen molar-refractivity contribution < 1.29 is 5.48 Å². The van der Waals surface area contributed by atoms with Crippen LogP contribution in [-0.4, -0.2) is 3.90 Å². The maximum atomic E-state index is 7.61. The van der Waals surface area contributed by atoms with Crippen LogP contribution in [0.5, 0.6) is 0 Å². The van der Waals surface area contributed by atoms with Crippen molar-refractivity contribution in [2.24, 2.45) is 0 Å². The van der Waals surface area contributed by atoms with E-state index in [9.17, 15) is 0 Å². The molecule has 0 N–H and O–H groups in total. The molecule has 44 valence electrons. The van der Waals surface area contributed by atoms with E-state index in [1.807, 2.05) is 0 Å². The van der Waals surface area contributed by atoms with Crippen molar-refractivity contribution in [1.29, 1.82) is 0 Å². The Morgan fingerprint density at radius 3 is 3.75 bits per heavy atom. The summed E-state index contributed by atoms with van der Waals surface area (Å²) in [6.07, 6.45) is 0.453. The third-order valence-electron chi connectivity index (χ3n) is 0.674. The van der Waals surface area contributed by atoms with Gasteiger partial charge < -0.3 is 0 Å². The molecule has 0 aromatic heterocycles. The molecule has 0 bridgehead atoms. The second-order valence-corrected chi connectivity index (χ2v) is 3.31. The van der Waals surface area contributed by atoms with Crippen LogP contribution in [0.25, 0.3) is 0 Å². The summed E-state index contributed by atoms with van der Waals surface area (Å²) in [5.74, 6) is 0. The zero-order chi connectivity index (χ0) is 9.52. The van der Waals surface area contributed by atoms with Crippen LogP contribution in [0, 0.1) is 0 Å². The fourth-order valence-electron chi connectivity index (χ4n) is 0.348. The highest BCUT2D eigenvalue weighted by atomic mass is 127. The minimum Gasteiger partial charge on any atom is -0.0777 e. The SMILES string of the molecule is [2H]C1=CC([2H])(I)C([2H])C([2H])=C1Br. The van der Waals surface area contributed by atoms with Crippen molar-refractivity contribution in [3.05, 3.63) is 22.7 Å². The number of alkyl halides is 1. The van der Waals surface area contributed by atoms with Gasteiger partial charge in [-0.2, -0.15) is 0 Å². The maximum Gasteiger partial charge on any atom is 0.0631 e. The molecule has 0 radical (unpaired) electrons. The van der Waals surface area contributed by atoms with Gasteiger partial charge in [0, 0.05) is 11.1 Å². The van der Waals surface area contributed by atoms with Gasteiger partial charge in [-0.15, -0.1) is 0 Å². The summed E-state index contributed by atoms with van der Waals surface area (Å²) in [5.41, 5.74) is 0. The quantitative estimate of drug-likeness (QED) is 0.475. The maximum absolute atomic E-state index is 7.61. The average Bonchev–Trinajstić information content (AvgIpc) is 1.97. The molecule has 1 aliphatic rings. The Morgan fingerprint density at radius 2 is 3.00 bits per heavy atom. The van der Waals surface area contributed by atoms with Gasteiger partial charge in [-0.3, -0.25) is 0 Å². The van der Waals surface area contributed by atoms with Gasteiger partial charge in [0.15, 0.2) is 0 Å². The molecule has 0 saturated heterocycles. The Kier molecular flexibility index (Phi) is 1.20.